The Bertz CT molecular complexity index is 663. The van der Waals surface area contributed by atoms with E-state index in [0.717, 1.165) is 0 Å². The molecule has 0 aliphatic heterocycles. The second-order valence-corrected chi connectivity index (χ2v) is 3.86. The molecule has 19 heavy (non-hydrogen) atoms. The first-order valence-electron chi connectivity index (χ1n) is 5.59. The molecule has 0 saturated carbocycles. The molecule has 0 unspecified atom stereocenters. The zero-order valence-electron chi connectivity index (χ0n) is 10.1. The predicted octanol–water partition coefficient (Wildman–Crippen LogP) is 1.48. The average molecular weight is 254 g/mol. The molecule has 7 nitrogen and oxygen atoms in total. The van der Waals surface area contributed by atoms with Gasteiger partial charge in [-0.15, -0.1) is 0 Å². The van der Waals surface area contributed by atoms with Crippen molar-refractivity contribution < 1.29 is 4.52 Å². The minimum atomic E-state index is 0.304. The Morgan fingerprint density at radius 3 is 2.74 bits per heavy atom. The first-order chi connectivity index (χ1) is 9.22. The number of anilines is 1. The molecular formula is C12H10N6O. The lowest BCUT2D eigenvalue weighted by atomic mass is 10.3. The highest BCUT2D eigenvalue weighted by Crippen LogP contribution is 2.19. The average Bonchev–Trinajstić information content (AvgIpc) is 2.88. The number of aryl methyl sites for hydroxylation is 1. The molecule has 0 fully saturated rings. The van der Waals surface area contributed by atoms with E-state index in [-0.39, 0.29) is 0 Å². The summed E-state index contributed by atoms with van der Waals surface area (Å²) in [6, 6.07) is 6.93. The van der Waals surface area contributed by atoms with Crippen LogP contribution in [-0.2, 0) is 0 Å². The number of hydrogen-bond donors (Lipinski definition) is 1. The van der Waals surface area contributed by atoms with Gasteiger partial charge in [0.05, 0.1) is 0 Å². The molecule has 0 atom stereocenters. The molecule has 3 heterocycles. The lowest BCUT2D eigenvalue weighted by Gasteiger charge is -1.95. The van der Waals surface area contributed by atoms with Gasteiger partial charge in [0.1, 0.15) is 23.0 Å². The highest BCUT2D eigenvalue weighted by molar-refractivity contribution is 5.55. The lowest BCUT2D eigenvalue weighted by molar-refractivity contribution is 0.431. The summed E-state index contributed by atoms with van der Waals surface area (Å²) in [7, 11) is 0. The monoisotopic (exact) mass is 254 g/mol. The second kappa shape index (κ2) is 4.45. The van der Waals surface area contributed by atoms with E-state index < -0.39 is 0 Å². The smallest absolute Gasteiger partial charge is 0.276 e. The van der Waals surface area contributed by atoms with Crippen molar-refractivity contribution in [2.45, 2.75) is 6.92 Å². The molecule has 94 valence electrons. The third-order valence-electron chi connectivity index (χ3n) is 2.42. The standard InChI is InChI=1S/C12H10N6O/c1-7-14-6-5-8(15-7)11-17-12(19-18-11)9-3-2-4-10(13)16-9/h2-6H,1H3,(H2,13,16). The van der Waals surface area contributed by atoms with Crippen LogP contribution in [-0.4, -0.2) is 25.1 Å². The van der Waals surface area contributed by atoms with E-state index in [1.807, 2.05) is 0 Å². The Labute approximate surface area is 108 Å². The summed E-state index contributed by atoms with van der Waals surface area (Å²) in [5, 5.41) is 3.88. The van der Waals surface area contributed by atoms with E-state index in [9.17, 15) is 0 Å². The molecule has 0 radical (unpaired) electrons. The van der Waals surface area contributed by atoms with E-state index in [1.165, 1.54) is 0 Å². The number of pyridine rings is 1. The van der Waals surface area contributed by atoms with Crippen LogP contribution in [0.3, 0.4) is 0 Å². The number of nitrogen functional groups attached to an aromatic ring is 1. The number of hydrogen-bond acceptors (Lipinski definition) is 7. The minimum Gasteiger partial charge on any atom is -0.384 e. The van der Waals surface area contributed by atoms with Crippen molar-refractivity contribution in [3.63, 3.8) is 0 Å². The summed E-state index contributed by atoms with van der Waals surface area (Å²) in [6.07, 6.45) is 1.65. The van der Waals surface area contributed by atoms with E-state index in [4.69, 9.17) is 10.3 Å². The van der Waals surface area contributed by atoms with Gasteiger partial charge in [-0.2, -0.15) is 4.98 Å². The third-order valence-corrected chi connectivity index (χ3v) is 2.42. The number of nitrogens with two attached hydrogens (primary N) is 1. The Morgan fingerprint density at radius 1 is 1.05 bits per heavy atom. The SMILES string of the molecule is Cc1nccc(-c2noc(-c3cccc(N)n3)n2)n1. The molecule has 0 amide bonds. The summed E-state index contributed by atoms with van der Waals surface area (Å²) in [5.74, 6) is 1.74. The lowest BCUT2D eigenvalue weighted by Crippen LogP contribution is -1.92. The van der Waals surface area contributed by atoms with Gasteiger partial charge in [0.25, 0.3) is 5.89 Å². The van der Waals surface area contributed by atoms with Crippen LogP contribution in [0.25, 0.3) is 23.1 Å². The summed E-state index contributed by atoms with van der Waals surface area (Å²) in [4.78, 5) is 16.6. The molecule has 0 saturated heterocycles. The van der Waals surface area contributed by atoms with Gasteiger partial charge in [0, 0.05) is 6.20 Å². The van der Waals surface area contributed by atoms with Crippen LogP contribution < -0.4 is 5.73 Å². The molecule has 7 heteroatoms. The first-order valence-corrected chi connectivity index (χ1v) is 5.59. The predicted molar refractivity (Wildman–Crippen MR) is 67.7 cm³/mol. The zero-order valence-corrected chi connectivity index (χ0v) is 10.1. The summed E-state index contributed by atoms with van der Waals surface area (Å²) in [5.41, 5.74) is 6.75. The van der Waals surface area contributed by atoms with Crippen LogP contribution in [0.4, 0.5) is 5.82 Å². The van der Waals surface area contributed by atoms with Crippen LogP contribution in [0, 0.1) is 6.92 Å². The summed E-state index contributed by atoms with van der Waals surface area (Å²) >= 11 is 0. The van der Waals surface area contributed by atoms with Gasteiger partial charge >= 0.3 is 0 Å². The van der Waals surface area contributed by atoms with Crippen LogP contribution >= 0.6 is 0 Å². The maximum absolute atomic E-state index is 5.61. The maximum Gasteiger partial charge on any atom is 0.276 e. The van der Waals surface area contributed by atoms with Crippen LogP contribution in [0.1, 0.15) is 5.82 Å². The van der Waals surface area contributed by atoms with Crippen LogP contribution in [0.2, 0.25) is 0 Å². The van der Waals surface area contributed by atoms with Crippen molar-refractivity contribution in [1.82, 2.24) is 25.1 Å². The molecule has 2 N–H and O–H groups in total. The van der Waals surface area contributed by atoms with Gasteiger partial charge in [0.15, 0.2) is 0 Å². The molecule has 3 aromatic rings. The van der Waals surface area contributed by atoms with Crippen molar-refractivity contribution >= 4 is 5.82 Å². The number of rotatable bonds is 2. The Hall–Kier alpha value is -2.83. The van der Waals surface area contributed by atoms with E-state index in [0.29, 0.717) is 34.7 Å². The maximum atomic E-state index is 5.61. The Balaban J connectivity index is 2.00. The van der Waals surface area contributed by atoms with Gasteiger partial charge in [-0.25, -0.2) is 15.0 Å². The fraction of sp³-hybridized carbons (Fsp3) is 0.0833. The van der Waals surface area contributed by atoms with Gasteiger partial charge in [-0.3, -0.25) is 0 Å². The van der Waals surface area contributed by atoms with Gasteiger partial charge in [0.2, 0.25) is 5.82 Å². The van der Waals surface area contributed by atoms with Crippen molar-refractivity contribution in [2.24, 2.45) is 0 Å². The van der Waals surface area contributed by atoms with Crippen molar-refractivity contribution in [3.05, 3.63) is 36.3 Å². The molecule has 0 aliphatic rings. The normalized spacial score (nSPS) is 10.6. The molecule has 3 aromatic heterocycles. The Kier molecular flexibility index (Phi) is 2.64. The number of aromatic nitrogens is 5. The molecule has 3 rings (SSSR count). The van der Waals surface area contributed by atoms with E-state index in [2.05, 4.69) is 25.1 Å². The van der Waals surface area contributed by atoms with Crippen molar-refractivity contribution in [3.8, 4) is 23.1 Å². The molecule has 0 bridgehead atoms. The van der Waals surface area contributed by atoms with Crippen LogP contribution in [0.15, 0.2) is 35.0 Å². The second-order valence-electron chi connectivity index (χ2n) is 3.86. The van der Waals surface area contributed by atoms with Crippen molar-refractivity contribution in [1.29, 1.82) is 0 Å². The first kappa shape index (κ1) is 11.3. The highest BCUT2D eigenvalue weighted by Gasteiger charge is 2.12. The molecule has 0 spiro atoms. The minimum absolute atomic E-state index is 0.304. The highest BCUT2D eigenvalue weighted by atomic mass is 16.5. The molecular weight excluding hydrogens is 244 g/mol. The number of nitrogens with zero attached hydrogens (tertiary/aromatic N) is 5. The van der Waals surface area contributed by atoms with E-state index >= 15 is 0 Å². The Morgan fingerprint density at radius 2 is 1.95 bits per heavy atom. The quantitative estimate of drug-likeness (QED) is 0.738. The molecule has 0 aromatic carbocycles. The van der Waals surface area contributed by atoms with Gasteiger partial charge < -0.3 is 10.3 Å². The summed E-state index contributed by atoms with van der Waals surface area (Å²) < 4.78 is 5.16. The fourth-order valence-electron chi connectivity index (χ4n) is 1.58. The van der Waals surface area contributed by atoms with Crippen LogP contribution in [0.5, 0.6) is 0 Å². The zero-order chi connectivity index (χ0) is 13.2. The third kappa shape index (κ3) is 2.25. The van der Waals surface area contributed by atoms with Gasteiger partial charge in [-0.05, 0) is 25.1 Å². The topological polar surface area (TPSA) is 104 Å². The summed E-state index contributed by atoms with van der Waals surface area (Å²) in [6.45, 7) is 1.80. The van der Waals surface area contributed by atoms with Crippen molar-refractivity contribution in [2.75, 3.05) is 5.73 Å². The largest absolute Gasteiger partial charge is 0.384 e. The fourth-order valence-corrected chi connectivity index (χ4v) is 1.58. The molecule has 0 aliphatic carbocycles. The van der Waals surface area contributed by atoms with E-state index in [1.54, 1.807) is 37.4 Å². The van der Waals surface area contributed by atoms with Gasteiger partial charge in [-0.1, -0.05) is 11.2 Å².